The molecule has 0 saturated heterocycles. The van der Waals surface area contributed by atoms with Crippen molar-refractivity contribution in [3.63, 3.8) is 0 Å². The molecule has 0 aliphatic carbocycles. The molecule has 13 heavy (non-hydrogen) atoms. The van der Waals surface area contributed by atoms with Crippen LogP contribution in [0.5, 0.6) is 0 Å². The number of nitrogens with two attached hydrogens (primary N) is 2. The Labute approximate surface area is 73.9 Å². The minimum Gasteiger partial charge on any atom is -0.388 e. The number of aliphatic hydroxyl groups excluding tert-OH is 3. The molecule has 0 radical (unpaired) electrons. The summed E-state index contributed by atoms with van der Waals surface area (Å²) in [5, 5.41) is 26.9. The standard InChI is InChI=1S/C6H12N2O5/c7-2(1-9)3(10)4(11)5(12)6(8)13/h1-5,10-12H,7H2,(H2,8,13)/t2-,3+,4-,5-/m0/s1. The highest BCUT2D eigenvalue weighted by atomic mass is 16.4. The van der Waals surface area contributed by atoms with Gasteiger partial charge in [0.2, 0.25) is 5.91 Å². The first-order valence-corrected chi connectivity index (χ1v) is 3.46. The number of hydrogen-bond donors (Lipinski definition) is 5. The van der Waals surface area contributed by atoms with Crippen LogP contribution in [0.4, 0.5) is 0 Å². The Morgan fingerprint density at radius 1 is 1.23 bits per heavy atom. The summed E-state index contributed by atoms with van der Waals surface area (Å²) in [7, 11) is 0. The minimum atomic E-state index is -1.94. The Balaban J connectivity index is 4.32. The number of hydrogen-bond acceptors (Lipinski definition) is 6. The SMILES string of the molecule is NC(=O)[C@@H](O)[C@@H](O)[C@H](O)[C@@H](N)C=O. The molecule has 0 bridgehead atoms. The monoisotopic (exact) mass is 192 g/mol. The first-order valence-electron chi connectivity index (χ1n) is 3.46. The molecule has 7 N–H and O–H groups in total. The lowest BCUT2D eigenvalue weighted by molar-refractivity contribution is -0.139. The highest BCUT2D eigenvalue weighted by molar-refractivity contribution is 5.79. The van der Waals surface area contributed by atoms with Gasteiger partial charge in [0, 0.05) is 0 Å². The topological polar surface area (TPSA) is 147 Å². The maximum atomic E-state index is 10.3. The summed E-state index contributed by atoms with van der Waals surface area (Å²) < 4.78 is 0. The first-order chi connectivity index (χ1) is 5.91. The van der Waals surface area contributed by atoms with Crippen LogP contribution in [0.3, 0.4) is 0 Å². The molecule has 0 aromatic heterocycles. The van der Waals surface area contributed by atoms with Crippen LogP contribution in [0.2, 0.25) is 0 Å². The molecule has 0 aromatic rings. The lowest BCUT2D eigenvalue weighted by Gasteiger charge is -2.22. The maximum Gasteiger partial charge on any atom is 0.249 e. The lowest BCUT2D eigenvalue weighted by atomic mass is 10.0. The smallest absolute Gasteiger partial charge is 0.249 e. The number of aldehydes is 1. The third-order valence-electron chi connectivity index (χ3n) is 1.52. The van der Waals surface area contributed by atoms with E-state index < -0.39 is 30.3 Å². The molecule has 7 nitrogen and oxygen atoms in total. The first kappa shape index (κ1) is 12.0. The fourth-order valence-electron chi connectivity index (χ4n) is 0.663. The number of rotatable bonds is 5. The van der Waals surface area contributed by atoms with Crippen molar-refractivity contribution in [3.05, 3.63) is 0 Å². The van der Waals surface area contributed by atoms with E-state index in [4.69, 9.17) is 21.1 Å². The molecule has 0 aromatic carbocycles. The molecule has 7 heteroatoms. The Morgan fingerprint density at radius 2 is 1.69 bits per heavy atom. The summed E-state index contributed by atoms with van der Waals surface area (Å²) in [4.78, 5) is 20.4. The van der Waals surface area contributed by atoms with Crippen molar-refractivity contribution >= 4 is 12.2 Å². The van der Waals surface area contributed by atoms with E-state index in [1.807, 2.05) is 0 Å². The Kier molecular flexibility index (Phi) is 4.49. The van der Waals surface area contributed by atoms with E-state index in [9.17, 15) is 9.59 Å². The molecule has 0 spiro atoms. The fourth-order valence-corrected chi connectivity index (χ4v) is 0.663. The van der Waals surface area contributed by atoms with Crippen LogP contribution in [0, 0.1) is 0 Å². The van der Waals surface area contributed by atoms with Crippen molar-refractivity contribution in [2.75, 3.05) is 0 Å². The Morgan fingerprint density at radius 3 is 2.00 bits per heavy atom. The molecule has 0 aliphatic rings. The number of aliphatic hydroxyl groups is 3. The molecule has 0 unspecified atom stereocenters. The second kappa shape index (κ2) is 4.87. The second-order valence-corrected chi connectivity index (χ2v) is 2.54. The van der Waals surface area contributed by atoms with E-state index in [0.29, 0.717) is 0 Å². The van der Waals surface area contributed by atoms with E-state index in [0.717, 1.165) is 0 Å². The van der Waals surface area contributed by atoms with E-state index in [1.54, 1.807) is 0 Å². The van der Waals surface area contributed by atoms with Crippen LogP contribution in [-0.4, -0.2) is 51.9 Å². The third-order valence-corrected chi connectivity index (χ3v) is 1.52. The lowest BCUT2D eigenvalue weighted by Crippen LogP contribution is -2.52. The van der Waals surface area contributed by atoms with Crippen molar-refractivity contribution in [3.8, 4) is 0 Å². The van der Waals surface area contributed by atoms with Crippen molar-refractivity contribution < 1.29 is 24.9 Å². The molecule has 0 saturated carbocycles. The van der Waals surface area contributed by atoms with Crippen molar-refractivity contribution in [2.24, 2.45) is 11.5 Å². The maximum absolute atomic E-state index is 10.3. The number of carbonyl (C=O) groups excluding carboxylic acids is 2. The van der Waals surface area contributed by atoms with Gasteiger partial charge in [0.25, 0.3) is 0 Å². The molecule has 1 amide bonds. The second-order valence-electron chi connectivity index (χ2n) is 2.54. The number of primary amides is 1. The Bertz CT molecular complexity index is 197. The summed E-state index contributed by atoms with van der Waals surface area (Å²) in [5.41, 5.74) is 9.64. The summed E-state index contributed by atoms with van der Waals surface area (Å²) in [6.45, 7) is 0. The summed E-state index contributed by atoms with van der Waals surface area (Å²) in [6.07, 6.45) is -5.35. The molecule has 76 valence electrons. The fraction of sp³-hybridized carbons (Fsp3) is 0.667. The largest absolute Gasteiger partial charge is 0.388 e. The van der Waals surface area contributed by atoms with Crippen molar-refractivity contribution in [2.45, 2.75) is 24.4 Å². The average Bonchev–Trinajstić information content (AvgIpc) is 2.12. The van der Waals surface area contributed by atoms with E-state index >= 15 is 0 Å². The summed E-state index contributed by atoms with van der Waals surface area (Å²) >= 11 is 0. The van der Waals surface area contributed by atoms with Gasteiger partial charge >= 0.3 is 0 Å². The van der Waals surface area contributed by atoms with Gasteiger partial charge in [0.05, 0.1) is 6.04 Å². The highest BCUT2D eigenvalue weighted by Crippen LogP contribution is 2.01. The zero-order valence-electron chi connectivity index (χ0n) is 6.70. The Hall–Kier alpha value is -1.02. The van der Waals surface area contributed by atoms with Gasteiger partial charge in [-0.1, -0.05) is 0 Å². The molecule has 4 atom stereocenters. The molecular formula is C6H12N2O5. The number of amides is 1. The van der Waals surface area contributed by atoms with E-state index in [2.05, 4.69) is 5.73 Å². The van der Waals surface area contributed by atoms with Crippen molar-refractivity contribution in [1.29, 1.82) is 0 Å². The molecule has 0 heterocycles. The van der Waals surface area contributed by atoms with Crippen LogP contribution >= 0.6 is 0 Å². The van der Waals surface area contributed by atoms with Gasteiger partial charge in [-0.15, -0.1) is 0 Å². The van der Waals surface area contributed by atoms with Gasteiger partial charge < -0.3 is 31.6 Å². The normalized spacial score (nSPS) is 20.0. The van der Waals surface area contributed by atoms with Gasteiger partial charge in [0.15, 0.2) is 6.10 Å². The summed E-state index contributed by atoms with van der Waals surface area (Å²) in [5.74, 6) is -1.20. The van der Waals surface area contributed by atoms with Crippen LogP contribution in [0.25, 0.3) is 0 Å². The zero-order chi connectivity index (χ0) is 10.6. The van der Waals surface area contributed by atoms with Crippen LogP contribution in [0.1, 0.15) is 0 Å². The van der Waals surface area contributed by atoms with Gasteiger partial charge in [-0.05, 0) is 0 Å². The molecular weight excluding hydrogens is 180 g/mol. The van der Waals surface area contributed by atoms with Gasteiger partial charge in [0.1, 0.15) is 18.5 Å². The van der Waals surface area contributed by atoms with Gasteiger partial charge in [-0.3, -0.25) is 4.79 Å². The average molecular weight is 192 g/mol. The van der Waals surface area contributed by atoms with Gasteiger partial charge in [-0.25, -0.2) is 0 Å². The predicted molar refractivity (Wildman–Crippen MR) is 41.3 cm³/mol. The van der Waals surface area contributed by atoms with E-state index in [1.165, 1.54) is 0 Å². The molecule has 0 aliphatic heterocycles. The number of carbonyl (C=O) groups is 2. The zero-order valence-corrected chi connectivity index (χ0v) is 6.70. The predicted octanol–water partition coefficient (Wildman–Crippen LogP) is -3.92. The molecule has 0 rings (SSSR count). The van der Waals surface area contributed by atoms with E-state index in [-0.39, 0.29) is 6.29 Å². The van der Waals surface area contributed by atoms with Crippen LogP contribution < -0.4 is 11.5 Å². The van der Waals surface area contributed by atoms with Crippen LogP contribution in [-0.2, 0) is 9.59 Å². The quantitative estimate of drug-likeness (QED) is 0.281. The minimum absolute atomic E-state index is 0.182. The van der Waals surface area contributed by atoms with Crippen molar-refractivity contribution in [1.82, 2.24) is 0 Å². The highest BCUT2D eigenvalue weighted by Gasteiger charge is 2.32. The van der Waals surface area contributed by atoms with Crippen LogP contribution in [0.15, 0.2) is 0 Å². The third kappa shape index (κ3) is 3.07. The van der Waals surface area contributed by atoms with Gasteiger partial charge in [-0.2, -0.15) is 0 Å². The molecule has 0 fully saturated rings. The summed E-state index contributed by atoms with van der Waals surface area (Å²) in [6, 6.07) is -1.37.